The molecule has 22 heavy (non-hydrogen) atoms. The molecule has 0 heterocycles. The van der Waals surface area contributed by atoms with Gasteiger partial charge in [-0.25, -0.2) is 0 Å². The minimum atomic E-state index is -0.0594. The molecule has 0 aromatic carbocycles. The SMILES string of the molecule is C[C@@]12CCC[C@@]1(N=[N+]=[N-])[C@@H]1CCC3CCCC[C@]3(C)[C@@H]1CC2. The minimum absolute atomic E-state index is 0.0594. The summed E-state index contributed by atoms with van der Waals surface area (Å²) < 4.78 is 0. The molecule has 0 saturated heterocycles. The number of hydrogen-bond acceptors (Lipinski definition) is 1. The highest BCUT2D eigenvalue weighted by Gasteiger charge is 2.64. The summed E-state index contributed by atoms with van der Waals surface area (Å²) in [5.41, 5.74) is 10.1. The minimum Gasteiger partial charge on any atom is -0.0864 e. The van der Waals surface area contributed by atoms with Crippen molar-refractivity contribution in [3.63, 3.8) is 0 Å². The van der Waals surface area contributed by atoms with Gasteiger partial charge in [-0.3, -0.25) is 0 Å². The average molecular weight is 301 g/mol. The van der Waals surface area contributed by atoms with Crippen molar-refractivity contribution >= 4 is 0 Å². The van der Waals surface area contributed by atoms with E-state index in [1.54, 1.807) is 0 Å². The normalized spacial score (nSPS) is 53.8. The summed E-state index contributed by atoms with van der Waals surface area (Å²) in [5.74, 6) is 2.41. The van der Waals surface area contributed by atoms with Crippen molar-refractivity contribution in [1.82, 2.24) is 0 Å². The van der Waals surface area contributed by atoms with Crippen molar-refractivity contribution < 1.29 is 0 Å². The lowest BCUT2D eigenvalue weighted by Crippen LogP contribution is -2.59. The van der Waals surface area contributed by atoms with E-state index in [-0.39, 0.29) is 11.0 Å². The van der Waals surface area contributed by atoms with E-state index in [1.807, 2.05) is 0 Å². The Bertz CT molecular complexity index is 511. The van der Waals surface area contributed by atoms with Crippen LogP contribution in [0.3, 0.4) is 0 Å². The van der Waals surface area contributed by atoms with Crippen molar-refractivity contribution in [2.45, 2.75) is 90.0 Å². The molecule has 4 fully saturated rings. The first-order chi connectivity index (χ1) is 10.6. The molecule has 0 aliphatic heterocycles. The van der Waals surface area contributed by atoms with Gasteiger partial charge in [0.2, 0.25) is 0 Å². The Balaban J connectivity index is 1.76. The largest absolute Gasteiger partial charge is 0.0864 e. The van der Waals surface area contributed by atoms with E-state index in [1.165, 1.54) is 64.2 Å². The summed E-state index contributed by atoms with van der Waals surface area (Å²) in [4.78, 5) is 3.38. The van der Waals surface area contributed by atoms with Crippen LogP contribution in [-0.2, 0) is 0 Å². The summed E-state index contributed by atoms with van der Waals surface area (Å²) in [5, 5.41) is 4.58. The lowest BCUT2D eigenvalue weighted by atomic mass is 9.43. The Morgan fingerprint density at radius 1 is 0.864 bits per heavy atom. The molecule has 0 amide bonds. The zero-order valence-electron chi connectivity index (χ0n) is 14.4. The molecular weight excluding hydrogens is 270 g/mol. The van der Waals surface area contributed by atoms with E-state index in [0.717, 1.165) is 18.3 Å². The monoisotopic (exact) mass is 301 g/mol. The smallest absolute Gasteiger partial charge is 0.0572 e. The first-order valence-electron chi connectivity index (χ1n) is 9.62. The molecule has 0 bridgehead atoms. The predicted molar refractivity (Wildman–Crippen MR) is 89.3 cm³/mol. The highest BCUT2D eigenvalue weighted by molar-refractivity contribution is 5.18. The Morgan fingerprint density at radius 3 is 2.55 bits per heavy atom. The van der Waals surface area contributed by atoms with Crippen LogP contribution in [0.5, 0.6) is 0 Å². The van der Waals surface area contributed by atoms with Crippen molar-refractivity contribution in [3.8, 4) is 0 Å². The average Bonchev–Trinajstić information content (AvgIpc) is 2.84. The standard InChI is InChI=1S/C19H31N3/c1-17-10-5-12-19(17,21-22-20)16-8-7-14-6-3-4-11-18(14,2)15(16)9-13-17/h14-16H,3-13H2,1-2H3/t14?,15-,16-,17+,18+,19-/m1/s1. The van der Waals surface area contributed by atoms with Crippen molar-refractivity contribution in [2.24, 2.45) is 33.7 Å². The summed E-state index contributed by atoms with van der Waals surface area (Å²) in [7, 11) is 0. The van der Waals surface area contributed by atoms with Gasteiger partial charge < -0.3 is 0 Å². The summed E-state index contributed by atoms with van der Waals surface area (Å²) in [6.45, 7) is 5.02. The number of rotatable bonds is 1. The van der Waals surface area contributed by atoms with E-state index in [0.29, 0.717) is 11.3 Å². The van der Waals surface area contributed by atoms with Gasteiger partial charge in [0, 0.05) is 4.91 Å². The van der Waals surface area contributed by atoms with Crippen molar-refractivity contribution in [2.75, 3.05) is 0 Å². The van der Waals surface area contributed by atoms with E-state index >= 15 is 0 Å². The molecule has 0 spiro atoms. The number of azide groups is 1. The molecule has 4 saturated carbocycles. The van der Waals surface area contributed by atoms with Crippen LogP contribution < -0.4 is 0 Å². The van der Waals surface area contributed by atoms with Gasteiger partial charge in [0.1, 0.15) is 0 Å². The molecule has 122 valence electrons. The molecular formula is C19H31N3. The van der Waals surface area contributed by atoms with Gasteiger partial charge in [-0.1, -0.05) is 38.2 Å². The molecule has 3 nitrogen and oxygen atoms in total. The summed E-state index contributed by atoms with van der Waals surface area (Å²) >= 11 is 0. The van der Waals surface area contributed by atoms with E-state index in [2.05, 4.69) is 23.9 Å². The fourth-order valence-corrected chi connectivity index (χ4v) is 7.58. The van der Waals surface area contributed by atoms with Gasteiger partial charge in [-0.15, -0.1) is 0 Å². The van der Waals surface area contributed by atoms with E-state index < -0.39 is 0 Å². The van der Waals surface area contributed by atoms with Gasteiger partial charge in [-0.2, -0.15) is 0 Å². The summed E-state index contributed by atoms with van der Waals surface area (Å²) in [6, 6.07) is 0. The molecule has 6 atom stereocenters. The second-order valence-corrected chi connectivity index (χ2v) is 9.31. The van der Waals surface area contributed by atoms with Crippen LogP contribution in [0.1, 0.15) is 84.5 Å². The number of fused-ring (bicyclic) bond motifs is 5. The third-order valence-corrected chi connectivity index (χ3v) is 8.78. The molecule has 0 radical (unpaired) electrons. The molecule has 0 aromatic rings. The second kappa shape index (κ2) is 4.90. The number of nitrogens with zero attached hydrogens (tertiary/aromatic N) is 3. The summed E-state index contributed by atoms with van der Waals surface area (Å²) in [6.07, 6.45) is 14.8. The van der Waals surface area contributed by atoms with Crippen LogP contribution in [0, 0.1) is 28.6 Å². The van der Waals surface area contributed by atoms with Gasteiger partial charge >= 0.3 is 0 Å². The Hall–Kier alpha value is -0.690. The van der Waals surface area contributed by atoms with Crippen LogP contribution in [-0.4, -0.2) is 5.54 Å². The first-order valence-corrected chi connectivity index (χ1v) is 9.62. The molecule has 0 N–H and O–H groups in total. The second-order valence-electron chi connectivity index (χ2n) is 9.31. The fraction of sp³-hybridized carbons (Fsp3) is 1.00. The van der Waals surface area contributed by atoms with Gasteiger partial charge in [0.15, 0.2) is 0 Å². The maximum atomic E-state index is 9.32. The fourth-order valence-electron chi connectivity index (χ4n) is 7.58. The Kier molecular flexibility index (Phi) is 3.31. The highest BCUT2D eigenvalue weighted by atomic mass is 15.2. The van der Waals surface area contributed by atoms with Crippen molar-refractivity contribution in [3.05, 3.63) is 10.4 Å². The first kappa shape index (κ1) is 14.9. The maximum Gasteiger partial charge on any atom is 0.0572 e. The zero-order chi connectivity index (χ0) is 15.4. The number of hydrogen-bond donors (Lipinski definition) is 0. The highest BCUT2D eigenvalue weighted by Crippen LogP contribution is 2.68. The molecule has 1 unspecified atom stereocenters. The zero-order valence-corrected chi connectivity index (χ0v) is 14.4. The Labute approximate surface area is 134 Å². The maximum absolute atomic E-state index is 9.32. The van der Waals surface area contributed by atoms with Crippen LogP contribution >= 0.6 is 0 Å². The van der Waals surface area contributed by atoms with Crippen molar-refractivity contribution in [1.29, 1.82) is 0 Å². The molecule has 4 rings (SSSR count). The predicted octanol–water partition coefficient (Wildman–Crippen LogP) is 6.24. The Morgan fingerprint density at radius 2 is 1.73 bits per heavy atom. The van der Waals surface area contributed by atoms with Crippen LogP contribution in [0.2, 0.25) is 0 Å². The van der Waals surface area contributed by atoms with Gasteiger partial charge in [-0.05, 0) is 85.5 Å². The van der Waals surface area contributed by atoms with Gasteiger partial charge in [0.05, 0.1) is 5.54 Å². The topological polar surface area (TPSA) is 48.8 Å². The molecule has 4 aliphatic rings. The van der Waals surface area contributed by atoms with Crippen LogP contribution in [0.15, 0.2) is 5.11 Å². The quantitative estimate of drug-likeness (QED) is 0.312. The lowest BCUT2D eigenvalue weighted by Gasteiger charge is -2.63. The van der Waals surface area contributed by atoms with E-state index in [9.17, 15) is 5.53 Å². The lowest BCUT2D eigenvalue weighted by molar-refractivity contribution is -0.113. The molecule has 0 aromatic heterocycles. The third-order valence-electron chi connectivity index (χ3n) is 8.78. The third kappa shape index (κ3) is 1.72. The van der Waals surface area contributed by atoms with Crippen LogP contribution in [0.4, 0.5) is 0 Å². The van der Waals surface area contributed by atoms with E-state index in [4.69, 9.17) is 0 Å². The van der Waals surface area contributed by atoms with Crippen LogP contribution in [0.25, 0.3) is 10.4 Å². The van der Waals surface area contributed by atoms with Gasteiger partial charge in [0.25, 0.3) is 0 Å². The molecule has 3 heteroatoms. The molecule has 4 aliphatic carbocycles.